The second-order valence-electron chi connectivity index (χ2n) is 8.19. The van der Waals surface area contributed by atoms with Crippen LogP contribution in [-0.4, -0.2) is 94.4 Å². The Morgan fingerprint density at radius 1 is 0.829 bits per heavy atom. The maximum Gasteiger partial charge on any atom is 0.326 e. The van der Waals surface area contributed by atoms with Gasteiger partial charge in [0, 0.05) is 6.54 Å². The first-order chi connectivity index (χ1) is 16.3. The van der Waals surface area contributed by atoms with E-state index in [0.717, 1.165) is 0 Å². The average Bonchev–Trinajstić information content (AvgIpc) is 2.77. The van der Waals surface area contributed by atoms with Crippen molar-refractivity contribution in [2.45, 2.75) is 82.3 Å². The number of amides is 3. The van der Waals surface area contributed by atoms with Crippen molar-refractivity contribution in [3.05, 3.63) is 0 Å². The first-order valence-corrected chi connectivity index (χ1v) is 11.3. The van der Waals surface area contributed by atoms with Gasteiger partial charge < -0.3 is 54.2 Å². The fourth-order valence-electron chi connectivity index (χ4n) is 2.93. The predicted molar refractivity (Wildman–Crippen MR) is 128 cm³/mol. The summed E-state index contributed by atoms with van der Waals surface area (Å²) in [6.45, 7) is 3.06. The summed E-state index contributed by atoms with van der Waals surface area (Å²) in [4.78, 5) is 53.1. The molecule has 0 saturated heterocycles. The smallest absolute Gasteiger partial charge is 0.326 e. The number of carbonyl (C=O) groups is 4. The minimum Gasteiger partial charge on any atom is -0.480 e. The SMILES string of the molecule is CC(O)C(N)C(=O)NC(CCCCN)C(=O)NC(C(=O)NC(CCCN=C(N)N)C(=O)O)C(C)O. The Hall–Kier alpha value is -3.01. The minimum atomic E-state index is -1.51. The van der Waals surface area contributed by atoms with Crippen molar-refractivity contribution in [3.8, 4) is 0 Å². The number of nitrogens with zero attached hydrogens (tertiary/aromatic N) is 1. The van der Waals surface area contributed by atoms with Crippen molar-refractivity contribution >= 4 is 29.7 Å². The highest BCUT2D eigenvalue weighted by atomic mass is 16.4. The summed E-state index contributed by atoms with van der Waals surface area (Å²) in [6.07, 6.45) is -1.15. The molecule has 6 atom stereocenters. The van der Waals surface area contributed by atoms with E-state index in [1.807, 2.05) is 0 Å². The highest BCUT2D eigenvalue weighted by molar-refractivity contribution is 5.94. The molecule has 15 nitrogen and oxygen atoms in total. The van der Waals surface area contributed by atoms with Crippen LogP contribution in [0.2, 0.25) is 0 Å². The largest absolute Gasteiger partial charge is 0.480 e. The van der Waals surface area contributed by atoms with Gasteiger partial charge in [0.1, 0.15) is 24.2 Å². The van der Waals surface area contributed by atoms with Crippen molar-refractivity contribution in [2.24, 2.45) is 27.9 Å². The van der Waals surface area contributed by atoms with Crippen LogP contribution in [0.15, 0.2) is 4.99 Å². The molecule has 0 spiro atoms. The number of carboxylic acids is 1. The van der Waals surface area contributed by atoms with E-state index >= 15 is 0 Å². The summed E-state index contributed by atoms with van der Waals surface area (Å²) in [5.74, 6) is -3.99. The van der Waals surface area contributed by atoms with Gasteiger partial charge in [-0.3, -0.25) is 19.4 Å². The van der Waals surface area contributed by atoms with Crippen LogP contribution in [-0.2, 0) is 19.2 Å². The topological polar surface area (TPSA) is 282 Å². The molecule has 0 saturated carbocycles. The highest BCUT2D eigenvalue weighted by Crippen LogP contribution is 2.06. The van der Waals surface area contributed by atoms with Crippen LogP contribution in [0, 0.1) is 0 Å². The monoisotopic (exact) mass is 504 g/mol. The highest BCUT2D eigenvalue weighted by Gasteiger charge is 2.32. The second kappa shape index (κ2) is 16.6. The zero-order valence-corrected chi connectivity index (χ0v) is 20.1. The number of hydrogen-bond donors (Lipinski definition) is 10. The predicted octanol–water partition coefficient (Wildman–Crippen LogP) is -4.20. The normalized spacial score (nSPS) is 16.1. The van der Waals surface area contributed by atoms with Gasteiger partial charge in [-0.1, -0.05) is 0 Å². The molecule has 0 aromatic heterocycles. The number of guanidine groups is 1. The van der Waals surface area contributed by atoms with Crippen LogP contribution < -0.4 is 38.9 Å². The number of carbonyl (C=O) groups excluding carboxylic acids is 3. The molecule has 0 aliphatic carbocycles. The first-order valence-electron chi connectivity index (χ1n) is 11.3. The number of aliphatic hydroxyl groups excluding tert-OH is 2. The Labute approximate surface area is 204 Å². The molecule has 0 rings (SSSR count). The maximum atomic E-state index is 12.9. The van der Waals surface area contributed by atoms with E-state index in [1.54, 1.807) is 0 Å². The molecule has 35 heavy (non-hydrogen) atoms. The summed E-state index contributed by atoms with van der Waals surface area (Å²) in [5, 5.41) is 36.0. The van der Waals surface area contributed by atoms with E-state index in [9.17, 15) is 34.5 Å². The fourth-order valence-corrected chi connectivity index (χ4v) is 2.93. The summed E-state index contributed by atoms with van der Waals surface area (Å²) >= 11 is 0. The molecule has 0 heterocycles. The molecule has 0 bridgehead atoms. The number of hydrogen-bond acceptors (Lipinski definition) is 9. The van der Waals surface area contributed by atoms with Gasteiger partial charge >= 0.3 is 5.97 Å². The van der Waals surface area contributed by atoms with Crippen LogP contribution in [0.4, 0.5) is 0 Å². The van der Waals surface area contributed by atoms with Gasteiger partial charge in [-0.05, 0) is 52.5 Å². The van der Waals surface area contributed by atoms with Crippen LogP contribution in [0.3, 0.4) is 0 Å². The fraction of sp³-hybridized carbons (Fsp3) is 0.750. The summed E-state index contributed by atoms with van der Waals surface area (Å²) in [5.41, 5.74) is 21.5. The number of rotatable bonds is 17. The van der Waals surface area contributed by atoms with Gasteiger partial charge in [0.05, 0.1) is 12.2 Å². The quantitative estimate of drug-likeness (QED) is 0.0514. The molecule has 0 radical (unpaired) electrons. The lowest BCUT2D eigenvalue weighted by atomic mass is 10.0. The molecule has 0 fully saturated rings. The first kappa shape index (κ1) is 32.0. The van der Waals surface area contributed by atoms with Crippen molar-refractivity contribution in [1.82, 2.24) is 16.0 Å². The Morgan fingerprint density at radius 3 is 1.89 bits per heavy atom. The van der Waals surface area contributed by atoms with Crippen LogP contribution in [0.5, 0.6) is 0 Å². The van der Waals surface area contributed by atoms with Gasteiger partial charge in [-0.25, -0.2) is 4.79 Å². The molecule has 0 aromatic carbocycles. The molecule has 15 heteroatoms. The minimum absolute atomic E-state index is 0.00661. The number of aliphatic imine (C=N–C) groups is 1. The van der Waals surface area contributed by atoms with E-state index < -0.39 is 60.1 Å². The Bertz CT molecular complexity index is 728. The number of carboxylic acid groups (broad SMARTS) is 1. The Morgan fingerprint density at radius 2 is 1.40 bits per heavy atom. The standard InChI is InChI=1S/C20H40N8O7/c1-10(29)14(22)17(32)26-12(6-3-4-8-21)16(31)28-15(11(2)30)18(33)27-13(19(34)35)7-5-9-25-20(23)24/h10-15,29-30H,3-9,21-22H2,1-2H3,(H,26,32)(H,27,33)(H,28,31)(H,34,35)(H4,23,24,25). The van der Waals surface area contributed by atoms with Crippen LogP contribution in [0.25, 0.3) is 0 Å². The zero-order valence-electron chi connectivity index (χ0n) is 20.1. The lowest BCUT2D eigenvalue weighted by molar-refractivity contribution is -0.143. The zero-order chi connectivity index (χ0) is 27.1. The molecule has 14 N–H and O–H groups in total. The molecule has 0 aromatic rings. The number of nitrogens with one attached hydrogen (secondary N) is 3. The van der Waals surface area contributed by atoms with E-state index in [0.29, 0.717) is 19.4 Å². The van der Waals surface area contributed by atoms with Gasteiger partial charge in [0.15, 0.2) is 5.96 Å². The molecule has 0 aliphatic heterocycles. The van der Waals surface area contributed by atoms with Gasteiger partial charge in [-0.2, -0.15) is 0 Å². The molecule has 3 amide bonds. The molecule has 6 unspecified atom stereocenters. The van der Waals surface area contributed by atoms with E-state index in [1.165, 1.54) is 13.8 Å². The Balaban J connectivity index is 5.38. The third-order valence-corrected chi connectivity index (χ3v) is 5.02. The molecule has 202 valence electrons. The van der Waals surface area contributed by atoms with E-state index in [-0.39, 0.29) is 31.8 Å². The van der Waals surface area contributed by atoms with Crippen molar-refractivity contribution in [1.29, 1.82) is 0 Å². The third-order valence-electron chi connectivity index (χ3n) is 5.02. The van der Waals surface area contributed by atoms with E-state index in [2.05, 4.69) is 20.9 Å². The number of aliphatic carboxylic acids is 1. The van der Waals surface area contributed by atoms with Gasteiger partial charge in [-0.15, -0.1) is 0 Å². The third kappa shape index (κ3) is 12.9. The van der Waals surface area contributed by atoms with Crippen molar-refractivity contribution in [3.63, 3.8) is 0 Å². The lowest BCUT2D eigenvalue weighted by Gasteiger charge is -2.27. The molecule has 0 aliphatic rings. The summed E-state index contributed by atoms with van der Waals surface area (Å²) in [7, 11) is 0. The number of aliphatic hydroxyl groups is 2. The molecular weight excluding hydrogens is 464 g/mol. The average molecular weight is 505 g/mol. The maximum absolute atomic E-state index is 12.9. The summed E-state index contributed by atoms with van der Waals surface area (Å²) in [6, 6.07) is -5.26. The van der Waals surface area contributed by atoms with Crippen LogP contribution >= 0.6 is 0 Å². The van der Waals surface area contributed by atoms with Gasteiger partial charge in [0.25, 0.3) is 0 Å². The summed E-state index contributed by atoms with van der Waals surface area (Å²) < 4.78 is 0. The van der Waals surface area contributed by atoms with E-state index in [4.69, 9.17) is 22.9 Å². The van der Waals surface area contributed by atoms with Crippen molar-refractivity contribution < 1.29 is 34.5 Å². The second-order valence-corrected chi connectivity index (χ2v) is 8.19. The van der Waals surface area contributed by atoms with Crippen molar-refractivity contribution in [2.75, 3.05) is 13.1 Å². The lowest BCUT2D eigenvalue weighted by Crippen LogP contribution is -2.60. The van der Waals surface area contributed by atoms with Crippen LogP contribution in [0.1, 0.15) is 46.0 Å². The number of unbranched alkanes of at least 4 members (excludes halogenated alkanes) is 1. The number of nitrogens with two attached hydrogens (primary N) is 4. The molecular formula is C20H40N8O7. The van der Waals surface area contributed by atoms with Gasteiger partial charge in [0.2, 0.25) is 17.7 Å². The Kier molecular flexibility index (Phi) is 15.2.